The van der Waals surface area contributed by atoms with Gasteiger partial charge in [0.15, 0.2) is 11.5 Å². The van der Waals surface area contributed by atoms with Gasteiger partial charge in [-0.1, -0.05) is 29.8 Å². The predicted molar refractivity (Wildman–Crippen MR) is 119 cm³/mol. The van der Waals surface area contributed by atoms with Crippen LogP contribution >= 0.6 is 0 Å². The van der Waals surface area contributed by atoms with E-state index in [1.54, 1.807) is 12.1 Å². The van der Waals surface area contributed by atoms with Crippen molar-refractivity contribution in [2.75, 3.05) is 20.8 Å². The van der Waals surface area contributed by atoms with Gasteiger partial charge in [0.1, 0.15) is 12.6 Å². The molecule has 0 aromatic heterocycles. The summed E-state index contributed by atoms with van der Waals surface area (Å²) in [6.07, 6.45) is 0. The lowest BCUT2D eigenvalue weighted by Crippen LogP contribution is -2.07. The summed E-state index contributed by atoms with van der Waals surface area (Å²) in [7, 11) is 1.60. The van der Waals surface area contributed by atoms with Crippen LogP contribution in [0.15, 0.2) is 75.4 Å². The lowest BCUT2D eigenvalue weighted by Gasteiger charge is -2.12. The predicted octanol–water partition coefficient (Wildman–Crippen LogP) is 4.40. The van der Waals surface area contributed by atoms with Crippen molar-refractivity contribution >= 4 is 16.7 Å². The third kappa shape index (κ3) is 4.14. The fourth-order valence-corrected chi connectivity index (χ4v) is 4.59. The highest BCUT2D eigenvalue weighted by molar-refractivity contribution is 7.85. The van der Waals surface area contributed by atoms with Crippen LogP contribution < -0.4 is 9.47 Å². The summed E-state index contributed by atoms with van der Waals surface area (Å²) in [5, 5.41) is 10.2. The van der Waals surface area contributed by atoms with Crippen molar-refractivity contribution in [3.63, 3.8) is 0 Å². The van der Waals surface area contributed by atoms with E-state index in [-0.39, 0.29) is 11.8 Å². The molecule has 1 N–H and O–H groups in total. The molecule has 6 nitrogen and oxygen atoms in total. The third-order valence-corrected chi connectivity index (χ3v) is 6.55. The number of phenols is 1. The van der Waals surface area contributed by atoms with Crippen LogP contribution in [0.2, 0.25) is 0 Å². The number of methoxy groups -OCH3 is 2. The molecule has 160 valence electrons. The standard InChI is InChI=1S/C24H23NO5S/c1-15-8-10-17(11-9-15)31(27)22-7-5-4-6-18(22)24-25-19(14-30-24)16-12-20(28-2)23(26)21(13-16)29-3/h4-13,19,26H,14H2,1-3H3/t19-,31+/m1/s1. The van der Waals surface area contributed by atoms with Crippen molar-refractivity contribution < 1.29 is 23.5 Å². The van der Waals surface area contributed by atoms with Crippen LogP contribution in [0.1, 0.15) is 22.7 Å². The Labute approximate surface area is 183 Å². The molecule has 4 rings (SSSR count). The van der Waals surface area contributed by atoms with Gasteiger partial charge in [-0.2, -0.15) is 0 Å². The van der Waals surface area contributed by atoms with Crippen molar-refractivity contribution in [2.24, 2.45) is 4.99 Å². The molecule has 7 heteroatoms. The molecule has 0 amide bonds. The lowest BCUT2D eigenvalue weighted by molar-refractivity contribution is 0.316. The lowest BCUT2D eigenvalue weighted by atomic mass is 10.1. The molecule has 0 aliphatic carbocycles. The molecule has 0 bridgehead atoms. The van der Waals surface area contributed by atoms with Crippen LogP contribution in [0.4, 0.5) is 0 Å². The number of benzene rings is 3. The Kier molecular flexibility index (Phi) is 5.95. The number of phenolic OH excluding ortho intramolecular Hbond substituents is 1. The third-order valence-electron chi connectivity index (χ3n) is 5.09. The van der Waals surface area contributed by atoms with E-state index in [0.717, 1.165) is 16.0 Å². The minimum Gasteiger partial charge on any atom is -0.502 e. The molecular formula is C24H23NO5S. The van der Waals surface area contributed by atoms with Gasteiger partial charge in [0.2, 0.25) is 11.6 Å². The van der Waals surface area contributed by atoms with Gasteiger partial charge in [0.25, 0.3) is 0 Å². The normalized spacial score (nSPS) is 16.4. The minimum absolute atomic E-state index is 0.0595. The van der Waals surface area contributed by atoms with Gasteiger partial charge in [-0.25, -0.2) is 9.20 Å². The zero-order valence-corrected chi connectivity index (χ0v) is 18.3. The average molecular weight is 438 g/mol. The largest absolute Gasteiger partial charge is 0.502 e. The Bertz CT molecular complexity index is 1130. The fourth-order valence-electron chi connectivity index (χ4n) is 3.39. The minimum atomic E-state index is -1.37. The summed E-state index contributed by atoms with van der Waals surface area (Å²) in [5.41, 5.74) is 2.60. The van der Waals surface area contributed by atoms with Gasteiger partial charge in [0, 0.05) is 4.90 Å². The van der Waals surface area contributed by atoms with E-state index in [9.17, 15) is 9.32 Å². The molecule has 0 spiro atoms. The van der Waals surface area contributed by atoms with Gasteiger partial charge < -0.3 is 19.3 Å². The molecule has 0 saturated carbocycles. The first-order valence-corrected chi connectivity index (χ1v) is 10.9. The highest BCUT2D eigenvalue weighted by Crippen LogP contribution is 2.40. The Morgan fingerprint density at radius 3 is 2.32 bits per heavy atom. The molecule has 0 radical (unpaired) electrons. The number of rotatable bonds is 6. The van der Waals surface area contributed by atoms with Crippen LogP contribution in [0.5, 0.6) is 17.2 Å². The molecule has 31 heavy (non-hydrogen) atoms. The van der Waals surface area contributed by atoms with Gasteiger partial charge in [-0.3, -0.25) is 0 Å². The summed E-state index contributed by atoms with van der Waals surface area (Å²) < 4.78 is 29.6. The number of nitrogens with zero attached hydrogens (tertiary/aromatic N) is 1. The van der Waals surface area contributed by atoms with E-state index in [2.05, 4.69) is 0 Å². The smallest absolute Gasteiger partial charge is 0.218 e. The fraction of sp³-hybridized carbons (Fsp3) is 0.208. The zero-order chi connectivity index (χ0) is 22.0. The van der Waals surface area contributed by atoms with Gasteiger partial charge in [-0.05, 0) is 48.9 Å². The molecule has 1 aliphatic heterocycles. The van der Waals surface area contributed by atoms with Gasteiger partial charge in [0.05, 0.1) is 35.5 Å². The van der Waals surface area contributed by atoms with E-state index in [4.69, 9.17) is 19.2 Å². The molecular weight excluding hydrogens is 414 g/mol. The van der Waals surface area contributed by atoms with E-state index in [1.165, 1.54) is 14.2 Å². The Hall–Kier alpha value is -3.32. The molecule has 1 heterocycles. The number of ether oxygens (including phenoxy) is 3. The van der Waals surface area contributed by atoms with Crippen LogP contribution in [-0.4, -0.2) is 36.0 Å². The summed E-state index contributed by atoms with van der Waals surface area (Å²) >= 11 is 0. The van der Waals surface area contributed by atoms with Crippen molar-refractivity contribution in [1.82, 2.24) is 0 Å². The summed E-state index contributed by atoms with van der Waals surface area (Å²) in [6, 6.07) is 18.2. The van der Waals surface area contributed by atoms with Crippen LogP contribution in [0, 0.1) is 6.92 Å². The molecule has 1 aliphatic rings. The van der Waals surface area contributed by atoms with E-state index in [1.807, 2.05) is 55.5 Å². The molecule has 3 aromatic rings. The first kappa shape index (κ1) is 20.9. The van der Waals surface area contributed by atoms with E-state index in [0.29, 0.717) is 34.5 Å². The van der Waals surface area contributed by atoms with E-state index >= 15 is 0 Å². The number of aromatic hydroxyl groups is 1. The summed E-state index contributed by atoms with van der Waals surface area (Å²) in [5.74, 6) is 0.987. The molecule has 0 saturated heterocycles. The summed E-state index contributed by atoms with van der Waals surface area (Å²) in [4.78, 5) is 6.10. The Morgan fingerprint density at radius 1 is 1.03 bits per heavy atom. The second-order valence-electron chi connectivity index (χ2n) is 7.11. The monoisotopic (exact) mass is 437 g/mol. The van der Waals surface area contributed by atoms with Gasteiger partial charge >= 0.3 is 0 Å². The quantitative estimate of drug-likeness (QED) is 0.618. The van der Waals surface area contributed by atoms with Crippen LogP contribution in [0.3, 0.4) is 0 Å². The maximum atomic E-state index is 13.2. The first-order chi connectivity index (χ1) is 15.0. The van der Waals surface area contributed by atoms with Crippen molar-refractivity contribution in [1.29, 1.82) is 0 Å². The van der Waals surface area contributed by atoms with E-state index < -0.39 is 10.8 Å². The van der Waals surface area contributed by atoms with Crippen molar-refractivity contribution in [3.05, 3.63) is 77.4 Å². The average Bonchev–Trinajstić information content (AvgIpc) is 3.29. The summed E-state index contributed by atoms with van der Waals surface area (Å²) in [6.45, 7) is 2.31. The van der Waals surface area contributed by atoms with Crippen LogP contribution in [-0.2, 0) is 15.5 Å². The number of hydrogen-bond donors (Lipinski definition) is 1. The molecule has 0 fully saturated rings. The highest BCUT2D eigenvalue weighted by atomic mass is 32.2. The van der Waals surface area contributed by atoms with Crippen molar-refractivity contribution in [3.8, 4) is 17.2 Å². The molecule has 3 aromatic carbocycles. The zero-order valence-electron chi connectivity index (χ0n) is 17.5. The maximum Gasteiger partial charge on any atom is 0.218 e. The SMILES string of the molecule is COc1cc([C@H]2COC(c3ccccc3[S@@](=O)c3ccc(C)cc3)=N2)cc(OC)c1O. The second kappa shape index (κ2) is 8.81. The molecule has 0 unspecified atom stereocenters. The number of hydrogen-bond acceptors (Lipinski definition) is 6. The topological polar surface area (TPSA) is 77.4 Å². The Balaban J connectivity index is 1.69. The number of aliphatic imine (C=N–C) groups is 1. The first-order valence-electron chi connectivity index (χ1n) is 9.75. The van der Waals surface area contributed by atoms with Crippen molar-refractivity contribution in [2.45, 2.75) is 22.8 Å². The Morgan fingerprint density at radius 2 is 1.68 bits per heavy atom. The van der Waals surface area contributed by atoms with Gasteiger partial charge in [-0.15, -0.1) is 0 Å². The van der Waals surface area contributed by atoms with Crippen LogP contribution in [0.25, 0.3) is 0 Å². The number of aryl methyl sites for hydroxylation is 1. The highest BCUT2D eigenvalue weighted by Gasteiger charge is 2.27. The molecule has 2 atom stereocenters. The second-order valence-corrected chi connectivity index (χ2v) is 8.56. The maximum absolute atomic E-state index is 13.2.